The highest BCUT2D eigenvalue weighted by atomic mass is 127. The highest BCUT2D eigenvalue weighted by Gasteiger charge is 2.21. The molecule has 0 radical (unpaired) electrons. The summed E-state index contributed by atoms with van der Waals surface area (Å²) >= 11 is 2.36. The highest BCUT2D eigenvalue weighted by Crippen LogP contribution is 2.33. The quantitative estimate of drug-likeness (QED) is 0.617. The number of rotatable bonds is 3. The van der Waals surface area contributed by atoms with E-state index >= 15 is 0 Å². The molecule has 1 saturated carbocycles. The van der Waals surface area contributed by atoms with Gasteiger partial charge in [-0.1, -0.05) is 39.5 Å². The van der Waals surface area contributed by atoms with Crippen molar-refractivity contribution in [1.29, 1.82) is 0 Å². The van der Waals surface area contributed by atoms with Crippen LogP contribution < -0.4 is 5.32 Å². The smallest absolute Gasteiger partial charge is 0.143 e. The zero-order chi connectivity index (χ0) is 13.8. The lowest BCUT2D eigenvalue weighted by atomic mass is 9.99. The van der Waals surface area contributed by atoms with Gasteiger partial charge in [0, 0.05) is 13.0 Å². The summed E-state index contributed by atoms with van der Waals surface area (Å²) in [7, 11) is 1.95. The van der Waals surface area contributed by atoms with Crippen LogP contribution in [0.1, 0.15) is 75.7 Å². The Morgan fingerprint density at radius 3 is 2.26 bits per heavy atom. The van der Waals surface area contributed by atoms with Gasteiger partial charge in [-0.2, -0.15) is 0 Å². The summed E-state index contributed by atoms with van der Waals surface area (Å²) < 4.78 is 1.17. The maximum Gasteiger partial charge on any atom is 0.143 e. The Labute approximate surface area is 130 Å². The van der Waals surface area contributed by atoms with Crippen molar-refractivity contribution in [3.63, 3.8) is 0 Å². The predicted molar refractivity (Wildman–Crippen MR) is 88.8 cm³/mol. The first kappa shape index (κ1) is 15.0. The van der Waals surface area contributed by atoms with E-state index in [1.54, 1.807) is 0 Å². The molecule has 106 valence electrons. The van der Waals surface area contributed by atoms with Crippen LogP contribution in [0.2, 0.25) is 0 Å². The van der Waals surface area contributed by atoms with Crippen molar-refractivity contribution in [2.75, 3.05) is 12.4 Å². The maximum atomic E-state index is 4.89. The third-order valence-corrected chi connectivity index (χ3v) is 4.96. The molecule has 3 nitrogen and oxygen atoms in total. The molecule has 1 fully saturated rings. The number of hydrogen-bond donors (Lipinski definition) is 1. The van der Waals surface area contributed by atoms with Crippen molar-refractivity contribution in [2.45, 2.75) is 64.2 Å². The Bertz CT molecular complexity index is 424. The first-order valence-electron chi connectivity index (χ1n) is 7.38. The molecule has 0 unspecified atom stereocenters. The molecule has 0 bridgehead atoms. The zero-order valence-electron chi connectivity index (χ0n) is 12.2. The Balaban J connectivity index is 2.36. The molecule has 0 atom stereocenters. The van der Waals surface area contributed by atoms with E-state index < -0.39 is 0 Å². The Morgan fingerprint density at radius 1 is 1.11 bits per heavy atom. The molecule has 1 aromatic rings. The first-order valence-corrected chi connectivity index (χ1v) is 8.46. The maximum absolute atomic E-state index is 4.89. The number of nitrogens with one attached hydrogen (secondary N) is 1. The molecule has 1 aliphatic rings. The van der Waals surface area contributed by atoms with Gasteiger partial charge in [-0.15, -0.1) is 0 Å². The van der Waals surface area contributed by atoms with Crippen LogP contribution in [0.4, 0.5) is 5.82 Å². The van der Waals surface area contributed by atoms with Crippen molar-refractivity contribution in [1.82, 2.24) is 9.97 Å². The summed E-state index contributed by atoms with van der Waals surface area (Å²) in [6, 6.07) is 0. The van der Waals surface area contributed by atoms with E-state index in [2.05, 4.69) is 41.8 Å². The molecule has 1 heterocycles. The van der Waals surface area contributed by atoms with Crippen molar-refractivity contribution in [2.24, 2.45) is 0 Å². The van der Waals surface area contributed by atoms with Crippen molar-refractivity contribution in [3.05, 3.63) is 15.1 Å². The molecular weight excluding hydrogens is 349 g/mol. The van der Waals surface area contributed by atoms with E-state index in [1.165, 1.54) is 47.8 Å². The summed E-state index contributed by atoms with van der Waals surface area (Å²) in [6.07, 6.45) is 7.90. The van der Waals surface area contributed by atoms with Gasteiger partial charge >= 0.3 is 0 Å². The lowest BCUT2D eigenvalue weighted by Gasteiger charge is -2.18. The van der Waals surface area contributed by atoms with Crippen molar-refractivity contribution >= 4 is 28.4 Å². The lowest BCUT2D eigenvalue weighted by molar-refractivity contribution is 0.555. The van der Waals surface area contributed by atoms with E-state index in [-0.39, 0.29) is 0 Å². The molecule has 0 saturated heterocycles. The van der Waals surface area contributed by atoms with Gasteiger partial charge in [-0.25, -0.2) is 9.97 Å². The molecule has 1 aromatic heterocycles. The second kappa shape index (κ2) is 6.86. The molecule has 1 N–H and O–H groups in total. The average molecular weight is 373 g/mol. The van der Waals surface area contributed by atoms with Crippen LogP contribution in [0, 0.1) is 3.57 Å². The Kier molecular flexibility index (Phi) is 5.42. The van der Waals surface area contributed by atoms with Crippen molar-refractivity contribution in [3.8, 4) is 0 Å². The fraction of sp³-hybridized carbons (Fsp3) is 0.733. The van der Waals surface area contributed by atoms with Crippen LogP contribution in [0.5, 0.6) is 0 Å². The van der Waals surface area contributed by atoms with Crippen LogP contribution in [0.25, 0.3) is 0 Å². The normalized spacial score (nSPS) is 17.5. The molecular formula is C15H24IN3. The highest BCUT2D eigenvalue weighted by molar-refractivity contribution is 14.1. The standard InChI is InChI=1S/C15H24IN3/c1-10(2)13-12(16)15(17-3)19-14(18-13)11-8-6-4-5-7-9-11/h10-11H,4-9H2,1-3H3,(H,17,18,19). The minimum absolute atomic E-state index is 0.450. The number of nitrogens with zero attached hydrogens (tertiary/aromatic N) is 2. The minimum Gasteiger partial charge on any atom is -0.372 e. The van der Waals surface area contributed by atoms with Gasteiger partial charge in [0.05, 0.1) is 9.26 Å². The second-order valence-electron chi connectivity index (χ2n) is 5.72. The number of halogens is 1. The minimum atomic E-state index is 0.450. The Hall–Kier alpha value is -0.390. The van der Waals surface area contributed by atoms with Gasteiger partial charge in [0.2, 0.25) is 0 Å². The largest absolute Gasteiger partial charge is 0.372 e. The van der Waals surface area contributed by atoms with Crippen LogP contribution >= 0.6 is 22.6 Å². The number of anilines is 1. The lowest BCUT2D eigenvalue weighted by Crippen LogP contribution is -2.12. The molecule has 4 heteroatoms. The van der Waals surface area contributed by atoms with E-state index in [0.29, 0.717) is 11.8 Å². The van der Waals surface area contributed by atoms with E-state index in [1.807, 2.05) is 7.05 Å². The van der Waals surface area contributed by atoms with Gasteiger partial charge in [0.1, 0.15) is 11.6 Å². The van der Waals surface area contributed by atoms with Crippen LogP contribution in [-0.2, 0) is 0 Å². The molecule has 0 aromatic carbocycles. The van der Waals surface area contributed by atoms with Gasteiger partial charge < -0.3 is 5.32 Å². The molecule has 1 aliphatic carbocycles. The fourth-order valence-electron chi connectivity index (χ4n) is 2.75. The molecule has 19 heavy (non-hydrogen) atoms. The number of aromatic nitrogens is 2. The summed E-state index contributed by atoms with van der Waals surface area (Å²) in [5, 5.41) is 3.23. The molecule has 2 rings (SSSR count). The van der Waals surface area contributed by atoms with Crippen LogP contribution in [-0.4, -0.2) is 17.0 Å². The van der Waals surface area contributed by atoms with Crippen molar-refractivity contribution < 1.29 is 0 Å². The van der Waals surface area contributed by atoms with E-state index in [4.69, 9.17) is 9.97 Å². The SMILES string of the molecule is CNc1nc(C2CCCCCC2)nc(C(C)C)c1I. The zero-order valence-corrected chi connectivity index (χ0v) is 14.3. The van der Waals surface area contributed by atoms with Crippen LogP contribution in [0.15, 0.2) is 0 Å². The van der Waals surface area contributed by atoms with E-state index in [9.17, 15) is 0 Å². The predicted octanol–water partition coefficient (Wildman–Crippen LogP) is 4.68. The summed E-state index contributed by atoms with van der Waals surface area (Å²) in [5.74, 6) is 3.07. The third kappa shape index (κ3) is 3.58. The molecule has 0 amide bonds. The van der Waals surface area contributed by atoms with Crippen LogP contribution in [0.3, 0.4) is 0 Å². The molecule has 0 aliphatic heterocycles. The number of hydrogen-bond acceptors (Lipinski definition) is 3. The van der Waals surface area contributed by atoms with E-state index in [0.717, 1.165) is 11.6 Å². The summed E-state index contributed by atoms with van der Waals surface area (Å²) in [4.78, 5) is 9.66. The third-order valence-electron chi connectivity index (χ3n) is 3.90. The Morgan fingerprint density at radius 2 is 1.74 bits per heavy atom. The van der Waals surface area contributed by atoms with Gasteiger partial charge in [-0.05, 0) is 41.4 Å². The van der Waals surface area contributed by atoms with Gasteiger partial charge in [-0.3, -0.25) is 0 Å². The summed E-state index contributed by atoms with van der Waals surface area (Å²) in [5.41, 5.74) is 1.19. The summed E-state index contributed by atoms with van der Waals surface area (Å²) in [6.45, 7) is 4.42. The molecule has 0 spiro atoms. The average Bonchev–Trinajstić information content (AvgIpc) is 2.67. The second-order valence-corrected chi connectivity index (χ2v) is 6.80. The van der Waals surface area contributed by atoms with Gasteiger partial charge in [0.25, 0.3) is 0 Å². The first-order chi connectivity index (χ1) is 9.13. The topological polar surface area (TPSA) is 37.8 Å². The monoisotopic (exact) mass is 373 g/mol. The fourth-order valence-corrected chi connectivity index (χ4v) is 3.88. The van der Waals surface area contributed by atoms with Gasteiger partial charge in [0.15, 0.2) is 0 Å².